The first-order valence-corrected chi connectivity index (χ1v) is 11.9. The van der Waals surface area contributed by atoms with Crippen LogP contribution in [-0.2, 0) is 0 Å². The van der Waals surface area contributed by atoms with Gasteiger partial charge in [-0.2, -0.15) is 4.99 Å². The molecule has 0 spiro atoms. The number of hydrogen-bond acceptors (Lipinski definition) is 2. The molecule has 0 amide bonds. The molecule has 3 aromatic rings. The quantitative estimate of drug-likeness (QED) is 0.107. The predicted octanol–water partition coefficient (Wildman–Crippen LogP) is 8.67. The van der Waals surface area contributed by atoms with Crippen LogP contribution < -0.4 is 0 Å². The molecule has 182 valence electrons. The van der Waals surface area contributed by atoms with Gasteiger partial charge in [-0.25, -0.2) is 17.6 Å². The van der Waals surface area contributed by atoms with Crippen LogP contribution in [0.15, 0.2) is 47.5 Å². The summed E-state index contributed by atoms with van der Waals surface area (Å²) in [6, 6.07) is 9.24. The molecule has 0 saturated heterocycles. The third-order valence-corrected chi connectivity index (χ3v) is 5.55. The molecule has 0 aliphatic heterocycles. The average molecular weight is 506 g/mol. The number of hydrogen-bond donors (Lipinski definition) is 0. The van der Waals surface area contributed by atoms with Gasteiger partial charge in [0.05, 0.1) is 10.7 Å². The molecule has 3 rings (SSSR count). The van der Waals surface area contributed by atoms with Gasteiger partial charge in [0.25, 0.3) is 0 Å². The first-order chi connectivity index (χ1) is 17.3. The van der Waals surface area contributed by atoms with E-state index in [9.17, 15) is 17.6 Å². The molecule has 3 aromatic carbocycles. The third kappa shape index (κ3) is 6.92. The van der Waals surface area contributed by atoms with Crippen molar-refractivity contribution in [1.82, 2.24) is 0 Å². The molecule has 0 aliphatic carbocycles. The number of thiocarbonyl (C=S) groups is 1. The number of nitrogens with zero attached hydrogens (tertiary/aromatic N) is 1. The monoisotopic (exact) mass is 505 g/mol. The summed E-state index contributed by atoms with van der Waals surface area (Å²) < 4.78 is 57.8. The summed E-state index contributed by atoms with van der Waals surface area (Å²) in [4.78, 5) is 3.29. The number of halogens is 4. The Balaban J connectivity index is 1.82. The molecule has 0 saturated carbocycles. The Hall–Kier alpha value is -3.70. The van der Waals surface area contributed by atoms with Crippen LogP contribution in [0, 0.1) is 53.9 Å². The number of rotatable bonds is 6. The largest absolute Gasteiger partial charge is 0.206 e. The van der Waals surface area contributed by atoms with Crippen molar-refractivity contribution in [2.75, 3.05) is 0 Å². The van der Waals surface area contributed by atoms with E-state index in [0.717, 1.165) is 48.2 Å². The van der Waals surface area contributed by atoms with Crippen molar-refractivity contribution in [3.8, 4) is 34.8 Å². The predicted molar refractivity (Wildman–Crippen MR) is 139 cm³/mol. The minimum atomic E-state index is -1.11. The maximum Gasteiger partial charge on any atom is 0.153 e. The van der Waals surface area contributed by atoms with Crippen molar-refractivity contribution in [3.63, 3.8) is 0 Å². The molecule has 6 heteroatoms. The van der Waals surface area contributed by atoms with Gasteiger partial charge < -0.3 is 0 Å². The van der Waals surface area contributed by atoms with Gasteiger partial charge in [0, 0.05) is 23.1 Å². The number of unbranched alkanes of at least 4 members (excludes halogenated alkanes) is 4. The van der Waals surface area contributed by atoms with Crippen molar-refractivity contribution in [2.24, 2.45) is 4.99 Å². The third-order valence-electron chi connectivity index (χ3n) is 5.46. The van der Waals surface area contributed by atoms with Crippen LogP contribution in [0.4, 0.5) is 23.2 Å². The van der Waals surface area contributed by atoms with Gasteiger partial charge in [0.2, 0.25) is 0 Å². The highest BCUT2D eigenvalue weighted by Crippen LogP contribution is 2.32. The summed E-state index contributed by atoms with van der Waals surface area (Å²) in [6.45, 7) is 4.06. The topological polar surface area (TPSA) is 12.4 Å². The molecule has 36 heavy (non-hydrogen) atoms. The highest BCUT2D eigenvalue weighted by atomic mass is 32.1. The van der Waals surface area contributed by atoms with E-state index < -0.39 is 34.5 Å². The molecule has 0 aliphatic rings. The van der Waals surface area contributed by atoms with Crippen molar-refractivity contribution < 1.29 is 17.6 Å². The standard InChI is InChI=1S/C30H23F4NS/c1-3-4-5-6-7-8-9-21-10-12-23(20(2)14-21)13-11-22-15-25(31)29(26(32)16-22)24-17-27(33)30(35-19-36)28(34)18-24/h10,12,14-18H,3-7H2,1-2H3. The van der Waals surface area contributed by atoms with Crippen molar-refractivity contribution in [3.05, 3.63) is 88.0 Å². The van der Waals surface area contributed by atoms with Gasteiger partial charge in [-0.15, -0.1) is 0 Å². The van der Waals surface area contributed by atoms with E-state index in [1.165, 1.54) is 19.3 Å². The highest BCUT2D eigenvalue weighted by molar-refractivity contribution is 7.78. The van der Waals surface area contributed by atoms with Gasteiger partial charge in [0.15, 0.2) is 11.6 Å². The molecular weight excluding hydrogens is 482 g/mol. The molecule has 0 atom stereocenters. The molecule has 0 unspecified atom stereocenters. The molecule has 0 fully saturated rings. The number of aliphatic imine (C=N–C) groups is 1. The Bertz CT molecular complexity index is 1400. The van der Waals surface area contributed by atoms with Crippen LogP contribution in [0.25, 0.3) is 11.1 Å². The molecular formula is C30H23F4NS. The summed E-state index contributed by atoms with van der Waals surface area (Å²) in [6.07, 6.45) is 5.55. The summed E-state index contributed by atoms with van der Waals surface area (Å²) in [5.41, 5.74) is 1.03. The summed E-state index contributed by atoms with van der Waals surface area (Å²) >= 11 is 4.35. The molecule has 0 bridgehead atoms. The molecule has 0 aromatic heterocycles. The highest BCUT2D eigenvalue weighted by Gasteiger charge is 2.18. The Labute approximate surface area is 214 Å². The van der Waals surface area contributed by atoms with Gasteiger partial charge in [-0.3, -0.25) is 0 Å². The minimum absolute atomic E-state index is 0.0898. The lowest BCUT2D eigenvalue weighted by atomic mass is 10.0. The second kappa shape index (κ2) is 12.8. The summed E-state index contributed by atoms with van der Waals surface area (Å²) in [5, 5.41) is 1.87. The Kier molecular flexibility index (Phi) is 9.60. The number of benzene rings is 3. The van der Waals surface area contributed by atoms with E-state index in [1.54, 1.807) is 0 Å². The fourth-order valence-corrected chi connectivity index (χ4v) is 3.70. The Morgan fingerprint density at radius 3 is 2.08 bits per heavy atom. The van der Waals surface area contributed by atoms with Crippen LogP contribution in [0.3, 0.4) is 0 Å². The van der Waals surface area contributed by atoms with Crippen LogP contribution in [-0.4, -0.2) is 5.16 Å². The summed E-state index contributed by atoms with van der Waals surface area (Å²) in [5.74, 6) is 7.81. The van der Waals surface area contributed by atoms with Gasteiger partial charge in [-0.1, -0.05) is 49.9 Å². The molecule has 0 radical (unpaired) electrons. The zero-order valence-corrected chi connectivity index (χ0v) is 20.8. The average Bonchev–Trinajstić information content (AvgIpc) is 2.82. The molecule has 1 nitrogen and oxygen atoms in total. The van der Waals surface area contributed by atoms with Crippen LogP contribution in [0.2, 0.25) is 0 Å². The van der Waals surface area contributed by atoms with E-state index in [4.69, 9.17) is 0 Å². The van der Waals surface area contributed by atoms with Crippen molar-refractivity contribution in [2.45, 2.75) is 46.0 Å². The smallest absolute Gasteiger partial charge is 0.153 e. The van der Waals surface area contributed by atoms with E-state index >= 15 is 0 Å². The second-order valence-electron chi connectivity index (χ2n) is 8.20. The van der Waals surface area contributed by atoms with Gasteiger partial charge in [0.1, 0.15) is 17.3 Å². The fourth-order valence-electron chi connectivity index (χ4n) is 3.61. The fraction of sp³-hybridized carbons (Fsp3) is 0.233. The van der Waals surface area contributed by atoms with Gasteiger partial charge in [-0.05, 0) is 79.2 Å². The Morgan fingerprint density at radius 2 is 1.47 bits per heavy atom. The number of aryl methyl sites for hydroxylation is 1. The van der Waals surface area contributed by atoms with Crippen LogP contribution in [0.1, 0.15) is 61.3 Å². The lowest BCUT2D eigenvalue weighted by Gasteiger charge is -2.08. The van der Waals surface area contributed by atoms with E-state index in [0.29, 0.717) is 5.56 Å². The van der Waals surface area contributed by atoms with Crippen LogP contribution >= 0.6 is 12.2 Å². The minimum Gasteiger partial charge on any atom is -0.206 e. The Morgan fingerprint density at radius 1 is 0.778 bits per heavy atom. The van der Waals surface area contributed by atoms with Crippen molar-refractivity contribution >= 4 is 23.1 Å². The van der Waals surface area contributed by atoms with E-state index in [2.05, 4.69) is 47.8 Å². The van der Waals surface area contributed by atoms with Crippen molar-refractivity contribution in [1.29, 1.82) is 0 Å². The zero-order valence-electron chi connectivity index (χ0n) is 19.9. The first kappa shape index (κ1) is 26.9. The maximum atomic E-state index is 14.8. The summed E-state index contributed by atoms with van der Waals surface area (Å²) in [7, 11) is 0. The molecule has 0 N–H and O–H groups in total. The molecule has 0 heterocycles. The lowest BCUT2D eigenvalue weighted by molar-refractivity contribution is 0.580. The van der Waals surface area contributed by atoms with E-state index in [-0.39, 0.29) is 11.1 Å². The normalized spacial score (nSPS) is 10.1. The lowest BCUT2D eigenvalue weighted by Crippen LogP contribution is -1.95. The zero-order chi connectivity index (χ0) is 26.1. The number of isothiocyanates is 1. The second-order valence-corrected chi connectivity index (χ2v) is 8.38. The van der Waals surface area contributed by atoms with Gasteiger partial charge >= 0.3 is 0 Å². The van der Waals surface area contributed by atoms with E-state index in [1.807, 2.05) is 30.3 Å². The first-order valence-electron chi connectivity index (χ1n) is 11.5. The SMILES string of the molecule is CCCCCCC#Cc1ccc(C#Cc2cc(F)c(-c3cc(F)c(N=C=S)c(F)c3)c(F)c2)c(C)c1. The maximum absolute atomic E-state index is 14.8. The van der Waals surface area contributed by atoms with Crippen LogP contribution in [0.5, 0.6) is 0 Å².